The normalized spacial score (nSPS) is 18.6. The minimum Gasteiger partial charge on any atom is -0.369 e. The second-order valence-corrected chi connectivity index (χ2v) is 8.47. The van der Waals surface area contributed by atoms with Gasteiger partial charge < -0.3 is 21.3 Å². The summed E-state index contributed by atoms with van der Waals surface area (Å²) in [5.41, 5.74) is 6.63. The molecular weight excluding hydrogens is 364 g/mol. The molecule has 162 valence electrons. The predicted molar refractivity (Wildman–Crippen MR) is 120 cm³/mol. The first-order chi connectivity index (χ1) is 13.9. The first-order valence-corrected chi connectivity index (χ1v) is 10.9. The highest BCUT2D eigenvalue weighted by molar-refractivity contribution is 5.80. The van der Waals surface area contributed by atoms with Crippen LogP contribution in [0.1, 0.15) is 58.4 Å². The van der Waals surface area contributed by atoms with Crippen LogP contribution in [0.4, 0.5) is 5.82 Å². The first kappa shape index (κ1) is 23.0. The highest BCUT2D eigenvalue weighted by Crippen LogP contribution is 2.24. The van der Waals surface area contributed by atoms with Crippen LogP contribution in [0.25, 0.3) is 0 Å². The number of aliphatic imine (C=N–C) groups is 1. The van der Waals surface area contributed by atoms with Crippen LogP contribution < -0.4 is 21.3 Å². The fraction of sp³-hybridized carbons (Fsp3) is 0.682. The number of guanidine groups is 1. The van der Waals surface area contributed by atoms with Gasteiger partial charge in [0.05, 0.1) is 5.92 Å². The molecule has 1 amide bonds. The Morgan fingerprint density at radius 3 is 2.86 bits per heavy atom. The molecule has 7 heteroatoms. The lowest BCUT2D eigenvalue weighted by molar-refractivity contribution is -0.122. The highest BCUT2D eigenvalue weighted by Gasteiger charge is 2.26. The van der Waals surface area contributed by atoms with E-state index in [0.29, 0.717) is 19.1 Å². The van der Waals surface area contributed by atoms with Crippen molar-refractivity contribution in [2.45, 2.75) is 65.5 Å². The Morgan fingerprint density at radius 1 is 1.38 bits per heavy atom. The number of nitrogens with zero attached hydrogens (tertiary/aromatic N) is 3. The van der Waals surface area contributed by atoms with Crippen LogP contribution >= 0.6 is 0 Å². The van der Waals surface area contributed by atoms with Crippen molar-refractivity contribution in [2.75, 3.05) is 25.0 Å². The van der Waals surface area contributed by atoms with E-state index in [2.05, 4.69) is 52.3 Å². The summed E-state index contributed by atoms with van der Waals surface area (Å²) in [6, 6.07) is 4.38. The van der Waals surface area contributed by atoms with Gasteiger partial charge in [0.15, 0.2) is 5.96 Å². The standard InChI is InChI=1S/C22H38N6O/c1-16(2)8-5-9-17(3)27-22(24-4)26-14-18-10-6-12-25-21(18)28-13-7-11-19(15-28)20(23)29/h6,10,12,16-17,19H,5,7-9,11,13-15H2,1-4H3,(H2,23,29)(H2,24,26,27). The van der Waals surface area contributed by atoms with E-state index in [0.717, 1.165) is 49.1 Å². The zero-order valence-corrected chi connectivity index (χ0v) is 18.4. The number of anilines is 1. The minimum absolute atomic E-state index is 0.104. The number of carbonyl (C=O) groups is 1. The molecule has 1 aromatic rings. The van der Waals surface area contributed by atoms with Gasteiger partial charge in [-0.15, -0.1) is 0 Å². The smallest absolute Gasteiger partial charge is 0.222 e. The maximum atomic E-state index is 11.6. The summed E-state index contributed by atoms with van der Waals surface area (Å²) in [5.74, 6) is 2.14. The van der Waals surface area contributed by atoms with Crippen LogP contribution in [-0.2, 0) is 11.3 Å². The molecule has 7 nitrogen and oxygen atoms in total. The Bertz CT molecular complexity index is 675. The average molecular weight is 403 g/mol. The lowest BCUT2D eigenvalue weighted by Crippen LogP contribution is -2.43. The van der Waals surface area contributed by atoms with Gasteiger partial charge in [0.1, 0.15) is 5.82 Å². The van der Waals surface area contributed by atoms with Gasteiger partial charge in [0.25, 0.3) is 0 Å². The quantitative estimate of drug-likeness (QED) is 0.436. The monoisotopic (exact) mass is 402 g/mol. The van der Waals surface area contributed by atoms with Crippen molar-refractivity contribution in [3.8, 4) is 0 Å². The lowest BCUT2D eigenvalue weighted by Gasteiger charge is -2.33. The van der Waals surface area contributed by atoms with Gasteiger partial charge in [-0.2, -0.15) is 0 Å². The summed E-state index contributed by atoms with van der Waals surface area (Å²) in [7, 11) is 1.79. The number of nitrogens with two attached hydrogens (primary N) is 1. The Morgan fingerprint density at radius 2 is 2.17 bits per heavy atom. The average Bonchev–Trinajstić information content (AvgIpc) is 2.71. The van der Waals surface area contributed by atoms with E-state index in [9.17, 15) is 4.79 Å². The van der Waals surface area contributed by atoms with E-state index < -0.39 is 0 Å². The van der Waals surface area contributed by atoms with E-state index in [1.807, 2.05) is 6.07 Å². The SMILES string of the molecule is CN=C(NCc1cccnc1N1CCCC(C(N)=O)C1)NC(C)CCCC(C)C. The first-order valence-electron chi connectivity index (χ1n) is 10.9. The molecule has 0 aromatic carbocycles. The molecule has 1 saturated heterocycles. The summed E-state index contributed by atoms with van der Waals surface area (Å²) in [5, 5.41) is 6.89. The van der Waals surface area contributed by atoms with Crippen molar-refractivity contribution in [1.82, 2.24) is 15.6 Å². The van der Waals surface area contributed by atoms with Crippen LogP contribution in [0.15, 0.2) is 23.3 Å². The van der Waals surface area contributed by atoms with Crippen molar-refractivity contribution in [1.29, 1.82) is 0 Å². The molecule has 2 rings (SSSR count). The molecule has 29 heavy (non-hydrogen) atoms. The number of pyridine rings is 1. The van der Waals surface area contributed by atoms with E-state index in [4.69, 9.17) is 5.73 Å². The molecule has 0 saturated carbocycles. The molecule has 2 heterocycles. The number of amides is 1. The highest BCUT2D eigenvalue weighted by atomic mass is 16.1. The topological polar surface area (TPSA) is 95.6 Å². The summed E-state index contributed by atoms with van der Waals surface area (Å²) in [6.07, 6.45) is 7.20. The van der Waals surface area contributed by atoms with Gasteiger partial charge in [-0.05, 0) is 38.2 Å². The van der Waals surface area contributed by atoms with Crippen molar-refractivity contribution in [3.05, 3.63) is 23.9 Å². The van der Waals surface area contributed by atoms with Gasteiger partial charge in [-0.25, -0.2) is 4.98 Å². The molecule has 1 fully saturated rings. The third kappa shape index (κ3) is 7.55. The Kier molecular flexibility index (Phi) is 9.22. The van der Waals surface area contributed by atoms with Gasteiger partial charge in [0, 0.05) is 44.5 Å². The largest absolute Gasteiger partial charge is 0.369 e. The van der Waals surface area contributed by atoms with Crippen LogP contribution in [0, 0.1) is 11.8 Å². The number of hydrogen-bond acceptors (Lipinski definition) is 4. The summed E-state index contributed by atoms with van der Waals surface area (Å²) < 4.78 is 0. The number of rotatable bonds is 9. The lowest BCUT2D eigenvalue weighted by atomic mass is 9.97. The second kappa shape index (κ2) is 11.6. The maximum Gasteiger partial charge on any atom is 0.222 e. The Labute approximate surface area is 175 Å². The van der Waals surface area contributed by atoms with Crippen LogP contribution in [0.3, 0.4) is 0 Å². The molecule has 0 spiro atoms. The fourth-order valence-corrected chi connectivity index (χ4v) is 3.77. The van der Waals surface area contributed by atoms with E-state index in [-0.39, 0.29) is 11.8 Å². The van der Waals surface area contributed by atoms with Crippen molar-refractivity contribution >= 4 is 17.7 Å². The van der Waals surface area contributed by atoms with Gasteiger partial charge in [-0.1, -0.05) is 32.8 Å². The molecule has 1 aromatic heterocycles. The molecular formula is C22H38N6O. The molecule has 1 aliphatic heterocycles. The van der Waals surface area contributed by atoms with E-state index >= 15 is 0 Å². The molecule has 0 aliphatic carbocycles. The number of carbonyl (C=O) groups excluding carboxylic acids is 1. The number of piperidine rings is 1. The molecule has 2 atom stereocenters. The van der Waals surface area contributed by atoms with Crippen LogP contribution in [0.2, 0.25) is 0 Å². The van der Waals surface area contributed by atoms with Crippen LogP contribution in [-0.4, -0.2) is 43.0 Å². The molecule has 2 unspecified atom stereocenters. The van der Waals surface area contributed by atoms with Crippen molar-refractivity contribution in [2.24, 2.45) is 22.6 Å². The molecule has 4 N–H and O–H groups in total. The third-order valence-electron chi connectivity index (χ3n) is 5.46. The summed E-state index contributed by atoms with van der Waals surface area (Å²) in [6.45, 7) is 8.88. The fourth-order valence-electron chi connectivity index (χ4n) is 3.77. The number of nitrogens with one attached hydrogen (secondary N) is 2. The van der Waals surface area contributed by atoms with E-state index in [1.54, 1.807) is 13.2 Å². The second-order valence-electron chi connectivity index (χ2n) is 8.47. The molecule has 1 aliphatic rings. The molecule has 0 radical (unpaired) electrons. The number of primary amides is 1. The zero-order chi connectivity index (χ0) is 21.2. The predicted octanol–water partition coefficient (Wildman–Crippen LogP) is 2.66. The van der Waals surface area contributed by atoms with Crippen molar-refractivity contribution < 1.29 is 4.79 Å². The number of aromatic nitrogens is 1. The third-order valence-corrected chi connectivity index (χ3v) is 5.46. The summed E-state index contributed by atoms with van der Waals surface area (Å²) >= 11 is 0. The van der Waals surface area contributed by atoms with Gasteiger partial charge in [0.2, 0.25) is 5.91 Å². The zero-order valence-electron chi connectivity index (χ0n) is 18.4. The Balaban J connectivity index is 1.93. The Hall–Kier alpha value is -2.31. The van der Waals surface area contributed by atoms with E-state index in [1.165, 1.54) is 12.8 Å². The molecule has 0 bridgehead atoms. The van der Waals surface area contributed by atoms with Gasteiger partial charge >= 0.3 is 0 Å². The minimum atomic E-state index is -0.221. The number of hydrogen-bond donors (Lipinski definition) is 3. The maximum absolute atomic E-state index is 11.6. The summed E-state index contributed by atoms with van der Waals surface area (Å²) in [4.78, 5) is 22.8. The van der Waals surface area contributed by atoms with Crippen molar-refractivity contribution in [3.63, 3.8) is 0 Å². The van der Waals surface area contributed by atoms with Crippen LogP contribution in [0.5, 0.6) is 0 Å². The van der Waals surface area contributed by atoms with Gasteiger partial charge in [-0.3, -0.25) is 9.79 Å².